The topological polar surface area (TPSA) is 158 Å². The molecule has 6 aromatic heterocycles. The lowest BCUT2D eigenvalue weighted by Crippen LogP contribution is -2.01. The van der Waals surface area contributed by atoms with E-state index in [0.717, 1.165) is 120 Å². The molecule has 262 valence electrons. The minimum Gasteiger partial charge on any atom is -0.361 e. The van der Waals surface area contributed by atoms with E-state index in [9.17, 15) is 0 Å². The Bertz CT molecular complexity index is 2670. The lowest BCUT2D eigenvalue weighted by atomic mass is 10.0. The van der Waals surface area contributed by atoms with Crippen molar-refractivity contribution >= 4 is 22.1 Å². The van der Waals surface area contributed by atoms with Gasteiger partial charge in [-0.2, -0.15) is 5.10 Å². The quantitative estimate of drug-likeness (QED) is 0.161. The number of nitrogens with one attached hydrogen (secondary N) is 2. The van der Waals surface area contributed by atoms with Crippen LogP contribution in [0.5, 0.6) is 0 Å². The van der Waals surface area contributed by atoms with E-state index in [-0.39, 0.29) is 0 Å². The molecule has 0 amide bonds. The summed E-state index contributed by atoms with van der Waals surface area (Å²) < 4.78 is 15.2. The molecular formula is C39H39N11O2. The SMILES string of the molecule is Cc1nc(C)n(-c2cc(-c3c(C)noc3C)cc3[nH]c(C4CC4Cc4ncn(-c5cc(-c6c(C)noc6C)cc6[nH]c(C7CC7)nc56)c4C)nc23)n1. The number of aromatic nitrogens is 11. The zero-order chi connectivity index (χ0) is 35.6. The van der Waals surface area contributed by atoms with Crippen molar-refractivity contribution in [3.05, 3.63) is 88.2 Å². The molecular weight excluding hydrogens is 655 g/mol. The minimum absolute atomic E-state index is 0.299. The van der Waals surface area contributed by atoms with E-state index >= 15 is 0 Å². The fraction of sp³-hybridized carbons (Fsp3) is 0.359. The first-order chi connectivity index (χ1) is 25.1. The molecule has 0 saturated heterocycles. The summed E-state index contributed by atoms with van der Waals surface area (Å²) in [7, 11) is 0. The fourth-order valence-electron chi connectivity index (χ4n) is 8.08. The monoisotopic (exact) mass is 693 g/mol. The molecule has 13 nitrogen and oxygen atoms in total. The fourth-order valence-corrected chi connectivity index (χ4v) is 8.08. The van der Waals surface area contributed by atoms with Crippen LogP contribution in [0.1, 0.15) is 88.7 Å². The first-order valence-electron chi connectivity index (χ1n) is 18.0. The van der Waals surface area contributed by atoms with Crippen molar-refractivity contribution in [3.63, 3.8) is 0 Å². The van der Waals surface area contributed by atoms with E-state index in [0.29, 0.717) is 23.6 Å². The van der Waals surface area contributed by atoms with Crippen LogP contribution in [0.15, 0.2) is 39.6 Å². The Morgan fingerprint density at radius 2 is 1.37 bits per heavy atom. The highest BCUT2D eigenvalue weighted by atomic mass is 16.5. The maximum atomic E-state index is 5.56. The molecule has 0 radical (unpaired) electrons. The van der Waals surface area contributed by atoms with Gasteiger partial charge in [-0.1, -0.05) is 10.3 Å². The number of aryl methyl sites for hydroxylation is 6. The number of benzene rings is 2. The van der Waals surface area contributed by atoms with Gasteiger partial charge in [-0.25, -0.2) is 24.6 Å². The average Bonchev–Trinajstić information content (AvgIpc) is 3.75. The molecule has 10 rings (SSSR count). The Morgan fingerprint density at radius 3 is 1.96 bits per heavy atom. The van der Waals surface area contributed by atoms with Gasteiger partial charge in [0.25, 0.3) is 0 Å². The van der Waals surface area contributed by atoms with E-state index in [1.165, 1.54) is 12.8 Å². The third-order valence-electron chi connectivity index (χ3n) is 11.0. The second kappa shape index (κ2) is 11.1. The van der Waals surface area contributed by atoms with Crippen LogP contribution in [0.2, 0.25) is 0 Å². The minimum atomic E-state index is 0.299. The van der Waals surface area contributed by atoms with Crippen LogP contribution in [0.4, 0.5) is 0 Å². The van der Waals surface area contributed by atoms with Gasteiger partial charge in [0.2, 0.25) is 0 Å². The summed E-state index contributed by atoms with van der Waals surface area (Å²) in [6.07, 6.45) is 6.20. The first kappa shape index (κ1) is 30.9. The Labute approximate surface area is 298 Å². The maximum Gasteiger partial charge on any atom is 0.148 e. The molecule has 6 heterocycles. The van der Waals surface area contributed by atoms with E-state index in [4.69, 9.17) is 29.1 Å². The summed E-state index contributed by atoms with van der Waals surface area (Å²) in [5, 5.41) is 13.2. The van der Waals surface area contributed by atoms with Gasteiger partial charge in [-0.15, -0.1) is 0 Å². The van der Waals surface area contributed by atoms with Gasteiger partial charge in [0.15, 0.2) is 0 Å². The highest BCUT2D eigenvalue weighted by Crippen LogP contribution is 2.49. The molecule has 2 aromatic carbocycles. The molecule has 2 aliphatic rings. The zero-order valence-electron chi connectivity index (χ0n) is 30.3. The van der Waals surface area contributed by atoms with Gasteiger partial charge in [-0.3, -0.25) is 0 Å². The van der Waals surface area contributed by atoms with Crippen molar-refractivity contribution in [2.45, 2.75) is 86.0 Å². The summed E-state index contributed by atoms with van der Waals surface area (Å²) in [6, 6.07) is 8.64. The van der Waals surface area contributed by atoms with Gasteiger partial charge in [0.05, 0.1) is 45.8 Å². The highest BCUT2D eigenvalue weighted by Gasteiger charge is 2.41. The average molecular weight is 694 g/mol. The van der Waals surface area contributed by atoms with Gasteiger partial charge in [-0.05, 0) is 115 Å². The number of fused-ring (bicyclic) bond motifs is 2. The second-order valence-electron chi connectivity index (χ2n) is 14.8. The summed E-state index contributed by atoms with van der Waals surface area (Å²) in [4.78, 5) is 27.2. The number of hydrogen-bond donors (Lipinski definition) is 2. The van der Waals surface area contributed by atoms with E-state index in [1.54, 1.807) is 0 Å². The van der Waals surface area contributed by atoms with Crippen LogP contribution < -0.4 is 0 Å². The predicted molar refractivity (Wildman–Crippen MR) is 195 cm³/mol. The zero-order valence-corrected chi connectivity index (χ0v) is 30.3. The van der Waals surface area contributed by atoms with Crippen molar-refractivity contribution < 1.29 is 9.05 Å². The molecule has 0 bridgehead atoms. The van der Waals surface area contributed by atoms with Crippen LogP contribution in [0, 0.1) is 54.4 Å². The number of H-pyrrole nitrogens is 2. The van der Waals surface area contributed by atoms with Gasteiger partial charge in [0.1, 0.15) is 45.9 Å². The summed E-state index contributed by atoms with van der Waals surface area (Å²) in [5.74, 6) is 6.38. The molecule has 2 atom stereocenters. The van der Waals surface area contributed by atoms with E-state index in [1.807, 2.05) is 52.6 Å². The Kier molecular flexibility index (Phi) is 6.59. The maximum absolute atomic E-state index is 5.56. The molecule has 2 N–H and O–H groups in total. The lowest BCUT2D eigenvalue weighted by molar-refractivity contribution is 0.393. The highest BCUT2D eigenvalue weighted by molar-refractivity contribution is 5.91. The third kappa shape index (κ3) is 4.85. The van der Waals surface area contributed by atoms with Crippen molar-refractivity contribution in [1.29, 1.82) is 0 Å². The lowest BCUT2D eigenvalue weighted by Gasteiger charge is -2.10. The number of nitrogens with zero attached hydrogens (tertiary/aromatic N) is 9. The van der Waals surface area contributed by atoms with Crippen LogP contribution in [-0.2, 0) is 6.42 Å². The molecule has 2 aliphatic carbocycles. The molecule has 13 heteroatoms. The van der Waals surface area contributed by atoms with E-state index in [2.05, 4.69) is 61.0 Å². The van der Waals surface area contributed by atoms with Gasteiger partial charge < -0.3 is 23.6 Å². The second-order valence-corrected chi connectivity index (χ2v) is 14.8. The summed E-state index contributed by atoms with van der Waals surface area (Å²) >= 11 is 0. The number of imidazole rings is 3. The van der Waals surface area contributed by atoms with Crippen molar-refractivity contribution in [2.24, 2.45) is 5.92 Å². The number of hydrogen-bond acceptors (Lipinski definition) is 9. The van der Waals surface area contributed by atoms with Crippen LogP contribution in [0.25, 0.3) is 55.7 Å². The molecule has 0 aliphatic heterocycles. The van der Waals surface area contributed by atoms with Gasteiger partial charge in [0, 0.05) is 28.7 Å². The molecule has 8 aromatic rings. The van der Waals surface area contributed by atoms with Crippen molar-refractivity contribution in [1.82, 2.24) is 54.6 Å². The molecule has 52 heavy (non-hydrogen) atoms. The Hall–Kier alpha value is -5.85. The predicted octanol–water partition coefficient (Wildman–Crippen LogP) is 7.90. The summed E-state index contributed by atoms with van der Waals surface area (Å²) in [6.45, 7) is 13.9. The van der Waals surface area contributed by atoms with Crippen LogP contribution in [-0.4, -0.2) is 54.6 Å². The third-order valence-corrected chi connectivity index (χ3v) is 11.0. The molecule has 0 spiro atoms. The van der Waals surface area contributed by atoms with Gasteiger partial charge >= 0.3 is 0 Å². The molecule has 2 saturated carbocycles. The normalized spacial score (nSPS) is 17.3. The largest absolute Gasteiger partial charge is 0.361 e. The Morgan fingerprint density at radius 1 is 0.750 bits per heavy atom. The standard InChI is InChI=1S/C39H39N11O2/c1-17-34(20(4)51-47-17)26-12-30-36(44-38(42-30)24-8-9-24)32(14-26)49-16-40-29(19(49)3)11-25-10-28(25)39-43-31-13-27(35-18(2)48-52-21(35)5)15-33(37(31)45-39)50-23(7)41-22(6)46-50/h12-16,24-25,28H,8-11H2,1-7H3,(H,42,44)(H,43,45). The smallest absolute Gasteiger partial charge is 0.148 e. The number of aromatic amines is 2. The van der Waals surface area contributed by atoms with E-state index < -0.39 is 0 Å². The molecule has 2 unspecified atom stereocenters. The Balaban J connectivity index is 0.989. The number of rotatable bonds is 8. The molecule has 2 fully saturated rings. The first-order valence-corrected chi connectivity index (χ1v) is 18.0. The van der Waals surface area contributed by atoms with Crippen molar-refractivity contribution in [3.8, 4) is 33.6 Å². The summed E-state index contributed by atoms with van der Waals surface area (Å²) in [5.41, 5.74) is 13.7. The van der Waals surface area contributed by atoms with Crippen LogP contribution >= 0.6 is 0 Å². The van der Waals surface area contributed by atoms with Crippen LogP contribution in [0.3, 0.4) is 0 Å². The van der Waals surface area contributed by atoms with Crippen molar-refractivity contribution in [2.75, 3.05) is 0 Å².